The van der Waals surface area contributed by atoms with Crippen molar-refractivity contribution in [3.05, 3.63) is 29.8 Å². The smallest absolute Gasteiger partial charge is 0.331 e. The molecule has 1 heterocycles. The molecular weight excluding hydrogens is 232 g/mol. The van der Waals surface area contributed by atoms with E-state index in [9.17, 15) is 4.79 Å². The third-order valence-electron chi connectivity index (χ3n) is 2.62. The summed E-state index contributed by atoms with van der Waals surface area (Å²) in [5.41, 5.74) is 1.76. The van der Waals surface area contributed by atoms with Gasteiger partial charge in [0.1, 0.15) is 13.2 Å². The van der Waals surface area contributed by atoms with Crippen LogP contribution in [0, 0.1) is 0 Å². The number of esters is 1. The van der Waals surface area contributed by atoms with Crippen molar-refractivity contribution in [1.29, 1.82) is 0 Å². The number of benzene rings is 1. The molecule has 1 aliphatic heterocycles. The third kappa shape index (κ3) is 2.83. The largest absolute Gasteiger partial charge is 0.486 e. The fourth-order valence-electron chi connectivity index (χ4n) is 1.73. The summed E-state index contributed by atoms with van der Waals surface area (Å²) in [7, 11) is 0. The highest BCUT2D eigenvalue weighted by Crippen LogP contribution is 2.32. The molecule has 1 aromatic rings. The normalized spacial score (nSPS) is 14.2. The maximum absolute atomic E-state index is 11.4. The van der Waals surface area contributed by atoms with Crippen LogP contribution in [0.1, 0.15) is 19.4 Å². The molecule has 4 nitrogen and oxygen atoms in total. The quantitative estimate of drug-likeness (QED) is 0.608. The van der Waals surface area contributed by atoms with Gasteiger partial charge in [-0.2, -0.15) is 0 Å². The summed E-state index contributed by atoms with van der Waals surface area (Å²) in [4.78, 5) is 11.4. The first-order chi connectivity index (χ1) is 8.70. The van der Waals surface area contributed by atoms with Gasteiger partial charge in [-0.05, 0) is 37.1 Å². The van der Waals surface area contributed by atoms with E-state index in [1.165, 1.54) is 6.08 Å². The predicted octanol–water partition coefficient (Wildman–Crippen LogP) is 2.42. The summed E-state index contributed by atoms with van der Waals surface area (Å²) >= 11 is 0. The van der Waals surface area contributed by atoms with Crippen LogP contribution in [0.2, 0.25) is 0 Å². The van der Waals surface area contributed by atoms with Gasteiger partial charge in [-0.15, -0.1) is 0 Å². The lowest BCUT2D eigenvalue weighted by molar-refractivity contribution is -0.137. The van der Waals surface area contributed by atoms with E-state index in [1.807, 2.05) is 25.1 Å². The fourth-order valence-corrected chi connectivity index (χ4v) is 1.73. The number of ether oxygens (including phenoxy) is 3. The summed E-state index contributed by atoms with van der Waals surface area (Å²) in [6.45, 7) is 5.15. The summed E-state index contributed by atoms with van der Waals surface area (Å²) < 4.78 is 15.8. The molecule has 0 spiro atoms. The second-order valence-corrected chi connectivity index (χ2v) is 3.94. The van der Waals surface area contributed by atoms with Crippen molar-refractivity contribution in [1.82, 2.24) is 0 Å². The van der Waals surface area contributed by atoms with Crippen molar-refractivity contribution >= 4 is 11.5 Å². The second-order valence-electron chi connectivity index (χ2n) is 3.94. The Morgan fingerprint density at radius 1 is 1.33 bits per heavy atom. The lowest BCUT2D eigenvalue weighted by Gasteiger charge is -2.18. The van der Waals surface area contributed by atoms with Crippen molar-refractivity contribution in [2.45, 2.75) is 13.8 Å². The maximum Gasteiger partial charge on any atom is 0.331 e. The monoisotopic (exact) mass is 248 g/mol. The molecule has 0 aromatic heterocycles. The lowest BCUT2D eigenvalue weighted by Crippen LogP contribution is -2.15. The van der Waals surface area contributed by atoms with Gasteiger partial charge in [-0.25, -0.2) is 4.79 Å². The van der Waals surface area contributed by atoms with Gasteiger partial charge in [-0.3, -0.25) is 0 Å². The van der Waals surface area contributed by atoms with E-state index in [0.29, 0.717) is 19.8 Å². The van der Waals surface area contributed by atoms with Gasteiger partial charge in [0.15, 0.2) is 11.5 Å². The molecule has 2 rings (SSSR count). The minimum Gasteiger partial charge on any atom is -0.486 e. The summed E-state index contributed by atoms with van der Waals surface area (Å²) in [5.74, 6) is 1.13. The topological polar surface area (TPSA) is 44.8 Å². The minimum atomic E-state index is -0.329. The number of hydrogen-bond donors (Lipinski definition) is 0. The van der Waals surface area contributed by atoms with E-state index >= 15 is 0 Å². The van der Waals surface area contributed by atoms with Gasteiger partial charge in [0.25, 0.3) is 0 Å². The Hall–Kier alpha value is -1.97. The Labute approximate surface area is 106 Å². The first-order valence-corrected chi connectivity index (χ1v) is 5.96. The molecular formula is C14H16O4. The van der Waals surface area contributed by atoms with Crippen LogP contribution >= 0.6 is 0 Å². The summed E-state index contributed by atoms with van der Waals surface area (Å²) in [6, 6.07) is 5.63. The predicted molar refractivity (Wildman–Crippen MR) is 67.7 cm³/mol. The third-order valence-corrected chi connectivity index (χ3v) is 2.62. The number of fused-ring (bicyclic) bond motifs is 1. The SMILES string of the molecule is CCOC(=O)/C=C(/C)c1ccc2c(c1)OCCO2. The highest BCUT2D eigenvalue weighted by molar-refractivity contribution is 5.91. The van der Waals surface area contributed by atoms with E-state index < -0.39 is 0 Å². The van der Waals surface area contributed by atoms with Gasteiger partial charge >= 0.3 is 5.97 Å². The first-order valence-electron chi connectivity index (χ1n) is 5.96. The van der Waals surface area contributed by atoms with E-state index in [4.69, 9.17) is 14.2 Å². The molecule has 0 fully saturated rings. The Balaban J connectivity index is 2.20. The minimum absolute atomic E-state index is 0.329. The molecule has 0 saturated carbocycles. The molecule has 4 heteroatoms. The van der Waals surface area contributed by atoms with Gasteiger partial charge in [0, 0.05) is 6.08 Å². The molecule has 18 heavy (non-hydrogen) atoms. The second kappa shape index (κ2) is 5.58. The zero-order chi connectivity index (χ0) is 13.0. The standard InChI is InChI=1S/C14H16O4/c1-3-16-14(15)8-10(2)11-4-5-12-13(9-11)18-7-6-17-12/h4-5,8-9H,3,6-7H2,1-2H3/b10-8-. The molecule has 0 bridgehead atoms. The van der Waals surface area contributed by atoms with E-state index in [1.54, 1.807) is 6.92 Å². The van der Waals surface area contributed by atoms with E-state index in [0.717, 1.165) is 22.6 Å². The molecule has 0 saturated heterocycles. The first kappa shape index (κ1) is 12.5. The van der Waals surface area contributed by atoms with Crippen LogP contribution in [0.25, 0.3) is 5.57 Å². The van der Waals surface area contributed by atoms with E-state index in [2.05, 4.69) is 0 Å². The molecule has 0 unspecified atom stereocenters. The van der Waals surface area contributed by atoms with Crippen molar-refractivity contribution in [2.75, 3.05) is 19.8 Å². The number of rotatable bonds is 3. The zero-order valence-corrected chi connectivity index (χ0v) is 10.6. The number of carbonyl (C=O) groups excluding carboxylic acids is 1. The van der Waals surface area contributed by atoms with Gasteiger partial charge in [0.05, 0.1) is 6.61 Å². The van der Waals surface area contributed by atoms with Crippen LogP contribution in [-0.2, 0) is 9.53 Å². The number of hydrogen-bond acceptors (Lipinski definition) is 4. The van der Waals surface area contributed by atoms with Crippen molar-refractivity contribution in [2.24, 2.45) is 0 Å². The molecule has 0 radical (unpaired) electrons. The molecule has 0 N–H and O–H groups in total. The molecule has 0 aliphatic carbocycles. The molecule has 1 aromatic carbocycles. The van der Waals surface area contributed by atoms with Crippen molar-refractivity contribution in [3.8, 4) is 11.5 Å². The average Bonchev–Trinajstić information content (AvgIpc) is 2.38. The number of carbonyl (C=O) groups is 1. The highest BCUT2D eigenvalue weighted by atomic mass is 16.6. The van der Waals surface area contributed by atoms with Crippen molar-refractivity contribution < 1.29 is 19.0 Å². The Kier molecular flexibility index (Phi) is 3.87. The van der Waals surface area contributed by atoms with Gasteiger partial charge in [-0.1, -0.05) is 6.07 Å². The maximum atomic E-state index is 11.4. The van der Waals surface area contributed by atoms with Crippen LogP contribution in [0.5, 0.6) is 11.5 Å². The average molecular weight is 248 g/mol. The van der Waals surface area contributed by atoms with Crippen LogP contribution < -0.4 is 9.47 Å². The van der Waals surface area contributed by atoms with Gasteiger partial charge in [0.2, 0.25) is 0 Å². The van der Waals surface area contributed by atoms with Gasteiger partial charge < -0.3 is 14.2 Å². The van der Waals surface area contributed by atoms with Crippen LogP contribution in [0.3, 0.4) is 0 Å². The van der Waals surface area contributed by atoms with E-state index in [-0.39, 0.29) is 5.97 Å². The van der Waals surface area contributed by atoms with Crippen LogP contribution in [0.15, 0.2) is 24.3 Å². The molecule has 1 aliphatic rings. The summed E-state index contributed by atoms with van der Waals surface area (Å²) in [6.07, 6.45) is 1.48. The molecule has 0 atom stereocenters. The van der Waals surface area contributed by atoms with Crippen LogP contribution in [-0.4, -0.2) is 25.8 Å². The van der Waals surface area contributed by atoms with Crippen LogP contribution in [0.4, 0.5) is 0 Å². The Morgan fingerprint density at radius 2 is 2.06 bits per heavy atom. The van der Waals surface area contributed by atoms with Crippen molar-refractivity contribution in [3.63, 3.8) is 0 Å². The lowest BCUT2D eigenvalue weighted by atomic mass is 10.1. The zero-order valence-electron chi connectivity index (χ0n) is 10.6. The number of allylic oxidation sites excluding steroid dienone is 1. The molecule has 0 amide bonds. The fraction of sp³-hybridized carbons (Fsp3) is 0.357. The Bertz CT molecular complexity index is 477. The Morgan fingerprint density at radius 3 is 2.78 bits per heavy atom. The molecule has 96 valence electrons. The summed E-state index contributed by atoms with van der Waals surface area (Å²) in [5, 5.41) is 0. The highest BCUT2D eigenvalue weighted by Gasteiger charge is 2.12.